The van der Waals surface area contributed by atoms with Crippen LogP contribution in [0.15, 0.2) is 24.3 Å². The van der Waals surface area contributed by atoms with E-state index in [0.29, 0.717) is 0 Å². The first kappa shape index (κ1) is 16.6. The summed E-state index contributed by atoms with van der Waals surface area (Å²) in [6, 6.07) is 7.85. The molecule has 0 aromatic heterocycles. The van der Waals surface area contributed by atoms with Crippen LogP contribution in [0.1, 0.15) is 12.8 Å². The Balaban J connectivity index is 1.43. The highest BCUT2D eigenvalue weighted by molar-refractivity contribution is 5.94. The summed E-state index contributed by atoms with van der Waals surface area (Å²) in [4.78, 5) is 28.0. The number of hydrogen-bond donors (Lipinski definition) is 3. The number of rotatable bonds is 5. The van der Waals surface area contributed by atoms with E-state index in [1.165, 1.54) is 5.69 Å². The Bertz CT molecular complexity index is 577. The zero-order valence-corrected chi connectivity index (χ0v) is 14.0. The zero-order chi connectivity index (χ0) is 16.9. The number of nitrogens with one attached hydrogen (secondary N) is 3. The van der Waals surface area contributed by atoms with Crippen LogP contribution in [0, 0.1) is 0 Å². The molecule has 7 heteroatoms. The molecule has 1 saturated carbocycles. The van der Waals surface area contributed by atoms with Gasteiger partial charge in [0.1, 0.15) is 0 Å². The van der Waals surface area contributed by atoms with Crippen LogP contribution in [0.4, 0.5) is 16.2 Å². The van der Waals surface area contributed by atoms with Gasteiger partial charge >= 0.3 is 6.03 Å². The number of amides is 3. The Labute approximate surface area is 142 Å². The van der Waals surface area contributed by atoms with Gasteiger partial charge in [-0.1, -0.05) is 0 Å². The summed E-state index contributed by atoms with van der Waals surface area (Å²) in [6.07, 6.45) is 2.05. The second-order valence-electron chi connectivity index (χ2n) is 6.49. The van der Waals surface area contributed by atoms with Crippen LogP contribution in [-0.4, -0.2) is 62.7 Å². The van der Waals surface area contributed by atoms with Gasteiger partial charge in [-0.15, -0.1) is 0 Å². The van der Waals surface area contributed by atoms with Crippen LogP contribution < -0.4 is 20.9 Å². The van der Waals surface area contributed by atoms with Crippen LogP contribution in [0.3, 0.4) is 0 Å². The van der Waals surface area contributed by atoms with E-state index in [-0.39, 0.29) is 24.5 Å². The smallest absolute Gasteiger partial charge is 0.315 e. The van der Waals surface area contributed by atoms with Crippen LogP contribution in [-0.2, 0) is 4.79 Å². The van der Waals surface area contributed by atoms with E-state index in [9.17, 15) is 9.59 Å². The standard InChI is InChI=1S/C17H25N5O2/c1-21-8-10-22(11-9-21)15-6-4-13(5-7-15)19-16(23)12-18-17(24)20-14-2-3-14/h4-7,14H,2-3,8-12H2,1H3,(H,19,23)(H2,18,20,24). The third-order valence-corrected chi connectivity index (χ3v) is 4.34. The van der Waals surface area contributed by atoms with Crippen molar-refractivity contribution in [2.75, 3.05) is 50.0 Å². The number of likely N-dealkylation sites (N-methyl/N-ethyl adjacent to an activating group) is 1. The average molecular weight is 331 g/mol. The Morgan fingerprint density at radius 3 is 2.38 bits per heavy atom. The van der Waals surface area contributed by atoms with Crippen molar-refractivity contribution >= 4 is 23.3 Å². The largest absolute Gasteiger partial charge is 0.369 e. The molecule has 2 fully saturated rings. The van der Waals surface area contributed by atoms with Crippen molar-refractivity contribution < 1.29 is 9.59 Å². The fourth-order valence-corrected chi connectivity index (χ4v) is 2.65. The van der Waals surface area contributed by atoms with Gasteiger partial charge < -0.3 is 25.8 Å². The lowest BCUT2D eigenvalue weighted by Gasteiger charge is -2.34. The first-order valence-corrected chi connectivity index (χ1v) is 8.48. The van der Waals surface area contributed by atoms with Gasteiger partial charge in [0.05, 0.1) is 6.54 Å². The molecule has 1 saturated heterocycles. The minimum atomic E-state index is -0.280. The van der Waals surface area contributed by atoms with Crippen LogP contribution >= 0.6 is 0 Å². The lowest BCUT2D eigenvalue weighted by molar-refractivity contribution is -0.115. The van der Waals surface area contributed by atoms with Crippen molar-refractivity contribution in [2.24, 2.45) is 0 Å². The summed E-state index contributed by atoms with van der Waals surface area (Å²) in [6.45, 7) is 4.13. The van der Waals surface area contributed by atoms with Gasteiger partial charge in [-0.05, 0) is 44.2 Å². The molecule has 0 spiro atoms. The minimum absolute atomic E-state index is 0.0290. The maximum Gasteiger partial charge on any atom is 0.315 e. The third kappa shape index (κ3) is 4.86. The van der Waals surface area contributed by atoms with E-state index in [1.807, 2.05) is 24.3 Å². The Hall–Kier alpha value is -2.28. The molecule has 7 nitrogen and oxygen atoms in total. The molecule has 0 unspecified atom stereocenters. The van der Waals surface area contributed by atoms with Crippen LogP contribution in [0.5, 0.6) is 0 Å². The molecule has 1 aliphatic carbocycles. The van der Waals surface area contributed by atoms with Gasteiger partial charge in [-0.25, -0.2) is 4.79 Å². The van der Waals surface area contributed by atoms with Gasteiger partial charge in [-0.3, -0.25) is 4.79 Å². The molecular weight excluding hydrogens is 306 g/mol. The predicted molar refractivity (Wildman–Crippen MR) is 94.3 cm³/mol. The van der Waals surface area contributed by atoms with Crippen molar-refractivity contribution in [3.05, 3.63) is 24.3 Å². The molecular formula is C17H25N5O2. The number of hydrogen-bond acceptors (Lipinski definition) is 4. The fourth-order valence-electron chi connectivity index (χ4n) is 2.65. The highest BCUT2D eigenvalue weighted by Gasteiger charge is 2.23. The van der Waals surface area contributed by atoms with Gasteiger partial charge in [0.15, 0.2) is 0 Å². The van der Waals surface area contributed by atoms with E-state index >= 15 is 0 Å². The van der Waals surface area contributed by atoms with Gasteiger partial charge in [0, 0.05) is 43.6 Å². The van der Waals surface area contributed by atoms with Gasteiger partial charge in [0.2, 0.25) is 5.91 Å². The average Bonchev–Trinajstić information content (AvgIpc) is 3.38. The van der Waals surface area contributed by atoms with E-state index in [2.05, 4.69) is 32.8 Å². The lowest BCUT2D eigenvalue weighted by atomic mass is 10.2. The van der Waals surface area contributed by atoms with E-state index in [4.69, 9.17) is 0 Å². The maximum atomic E-state index is 11.9. The van der Waals surface area contributed by atoms with Crippen molar-refractivity contribution in [1.29, 1.82) is 0 Å². The Morgan fingerprint density at radius 1 is 1.08 bits per heavy atom. The number of urea groups is 1. The highest BCUT2D eigenvalue weighted by Crippen LogP contribution is 2.19. The van der Waals surface area contributed by atoms with Crippen molar-refractivity contribution in [3.8, 4) is 0 Å². The molecule has 0 radical (unpaired) electrons. The summed E-state index contributed by atoms with van der Waals surface area (Å²) in [7, 11) is 2.13. The molecule has 130 valence electrons. The number of nitrogens with zero attached hydrogens (tertiary/aromatic N) is 2. The summed E-state index contributed by atoms with van der Waals surface area (Å²) in [5.41, 5.74) is 1.91. The number of anilines is 2. The topological polar surface area (TPSA) is 76.7 Å². The minimum Gasteiger partial charge on any atom is -0.369 e. The molecule has 1 aliphatic heterocycles. The van der Waals surface area contributed by atoms with Crippen molar-refractivity contribution in [3.63, 3.8) is 0 Å². The van der Waals surface area contributed by atoms with Gasteiger partial charge in [0.25, 0.3) is 0 Å². The molecule has 0 bridgehead atoms. The molecule has 3 rings (SSSR count). The molecule has 1 aromatic carbocycles. The van der Waals surface area contributed by atoms with E-state index in [1.54, 1.807) is 0 Å². The Kier molecular flexibility index (Phi) is 5.20. The summed E-state index contributed by atoms with van der Waals surface area (Å²) < 4.78 is 0. The molecule has 24 heavy (non-hydrogen) atoms. The first-order chi connectivity index (χ1) is 11.6. The van der Waals surface area contributed by atoms with E-state index in [0.717, 1.165) is 44.7 Å². The molecule has 3 N–H and O–H groups in total. The number of carbonyl (C=O) groups is 2. The highest BCUT2D eigenvalue weighted by atomic mass is 16.2. The van der Waals surface area contributed by atoms with E-state index < -0.39 is 0 Å². The SMILES string of the molecule is CN1CCN(c2ccc(NC(=O)CNC(=O)NC3CC3)cc2)CC1. The number of piperazine rings is 1. The summed E-state index contributed by atoms with van der Waals surface area (Å²) >= 11 is 0. The second kappa shape index (κ2) is 7.53. The molecule has 3 amide bonds. The summed E-state index contributed by atoms with van der Waals surface area (Å²) in [5, 5.41) is 8.14. The molecule has 1 aromatic rings. The van der Waals surface area contributed by atoms with Crippen molar-refractivity contribution in [2.45, 2.75) is 18.9 Å². The van der Waals surface area contributed by atoms with Gasteiger partial charge in [-0.2, -0.15) is 0 Å². The molecule has 2 aliphatic rings. The quantitative estimate of drug-likeness (QED) is 0.747. The number of carbonyl (C=O) groups excluding carboxylic acids is 2. The predicted octanol–water partition coefficient (Wildman–Crippen LogP) is 0.839. The maximum absolute atomic E-state index is 11.9. The zero-order valence-electron chi connectivity index (χ0n) is 14.0. The second-order valence-corrected chi connectivity index (χ2v) is 6.49. The molecule has 0 atom stereocenters. The monoisotopic (exact) mass is 331 g/mol. The lowest BCUT2D eigenvalue weighted by Crippen LogP contribution is -2.44. The Morgan fingerprint density at radius 2 is 1.75 bits per heavy atom. The third-order valence-electron chi connectivity index (χ3n) is 4.34. The summed E-state index contributed by atoms with van der Waals surface area (Å²) in [5.74, 6) is -0.228. The molecule has 1 heterocycles. The van der Waals surface area contributed by atoms with Crippen molar-refractivity contribution in [1.82, 2.24) is 15.5 Å². The normalized spacial score (nSPS) is 18.1. The van der Waals surface area contributed by atoms with Crippen LogP contribution in [0.2, 0.25) is 0 Å². The number of benzene rings is 1. The van der Waals surface area contributed by atoms with Crippen LogP contribution in [0.25, 0.3) is 0 Å². The first-order valence-electron chi connectivity index (χ1n) is 8.48. The fraction of sp³-hybridized carbons (Fsp3) is 0.529.